The molecule has 0 aromatic heterocycles. The Labute approximate surface area is 199 Å². The van der Waals surface area contributed by atoms with E-state index in [1.807, 2.05) is 0 Å². The lowest BCUT2D eigenvalue weighted by Gasteiger charge is -2.63. The smallest absolute Gasteiger partial charge is 0.148 e. The van der Waals surface area contributed by atoms with Crippen LogP contribution in [-0.4, -0.2) is 10.6 Å². The van der Waals surface area contributed by atoms with Crippen LogP contribution in [0.3, 0.4) is 0 Å². The second-order valence-electron chi connectivity index (χ2n) is 12.9. The van der Waals surface area contributed by atoms with E-state index in [0.29, 0.717) is 17.8 Å². The number of rotatable bonds is 5. The summed E-state index contributed by atoms with van der Waals surface area (Å²) in [6.45, 7) is 12.3. The van der Waals surface area contributed by atoms with Crippen molar-refractivity contribution in [1.29, 1.82) is 5.26 Å². The third-order valence-corrected chi connectivity index (χ3v) is 11.9. The second kappa shape index (κ2) is 8.45. The van der Waals surface area contributed by atoms with E-state index in [1.54, 1.807) is 0 Å². The first-order valence-electron chi connectivity index (χ1n) is 13.2. The second-order valence-corrected chi connectivity index (χ2v) is 14.0. The molecule has 0 heterocycles. The van der Waals surface area contributed by atoms with Crippen LogP contribution in [0.25, 0.3) is 0 Å². The van der Waals surface area contributed by atoms with Crippen LogP contribution < -0.4 is 0 Å². The van der Waals surface area contributed by atoms with Crippen LogP contribution >= 0.6 is 15.9 Å². The molecule has 0 bridgehead atoms. The van der Waals surface area contributed by atoms with Crippen molar-refractivity contribution in [2.24, 2.45) is 51.8 Å². The van der Waals surface area contributed by atoms with E-state index >= 15 is 0 Å². The number of fused-ring (bicyclic) bond motifs is 5. The molecule has 4 aliphatic carbocycles. The Morgan fingerprint density at radius 1 is 1.06 bits per heavy atom. The van der Waals surface area contributed by atoms with E-state index in [2.05, 4.69) is 56.6 Å². The number of carbonyl (C=O) groups is 1. The molecule has 4 fully saturated rings. The van der Waals surface area contributed by atoms with E-state index in [4.69, 9.17) is 0 Å². The van der Waals surface area contributed by atoms with E-state index < -0.39 is 5.41 Å². The molecule has 2 nitrogen and oxygen atoms in total. The summed E-state index contributed by atoms with van der Waals surface area (Å²) in [5.74, 6) is 4.98. The number of alkyl halides is 1. The number of hydrogen-bond donors (Lipinski definition) is 0. The number of nitrogens with zero attached hydrogens (tertiary/aromatic N) is 1. The molecule has 4 rings (SSSR count). The number of carbonyl (C=O) groups excluding carboxylic acids is 1. The Morgan fingerprint density at radius 2 is 1.81 bits per heavy atom. The molecule has 0 aromatic carbocycles. The number of Topliss-reactive ketones (excluding diaryl/α,β-unsaturated/α-hetero) is 1. The molecule has 3 heteroatoms. The maximum Gasteiger partial charge on any atom is 0.148 e. The van der Waals surface area contributed by atoms with Gasteiger partial charge in [-0.1, -0.05) is 69.8 Å². The van der Waals surface area contributed by atoms with Crippen molar-refractivity contribution < 1.29 is 4.79 Å². The first-order chi connectivity index (χ1) is 14.6. The van der Waals surface area contributed by atoms with Gasteiger partial charge in [-0.05, 0) is 91.3 Å². The molecule has 4 aliphatic rings. The SMILES string of the molecule is CC(C)CCCC(C)C1CCC2C3CCC4(C#N)CC(=O)C(Br)CC4(C)C3CCC12C. The van der Waals surface area contributed by atoms with Crippen LogP contribution in [0, 0.1) is 63.1 Å². The van der Waals surface area contributed by atoms with Crippen LogP contribution in [0.15, 0.2) is 0 Å². The van der Waals surface area contributed by atoms with Gasteiger partial charge in [-0.15, -0.1) is 0 Å². The fraction of sp³-hybridized carbons (Fsp3) is 0.929. The lowest BCUT2D eigenvalue weighted by atomic mass is 9.40. The third-order valence-electron chi connectivity index (χ3n) is 11.1. The van der Waals surface area contributed by atoms with Crippen molar-refractivity contribution in [3.05, 3.63) is 0 Å². The minimum absolute atomic E-state index is 0.0188. The number of halogens is 1. The van der Waals surface area contributed by atoms with Gasteiger partial charge >= 0.3 is 0 Å². The lowest BCUT2D eigenvalue weighted by molar-refractivity contribution is -0.153. The molecule has 0 amide bonds. The van der Waals surface area contributed by atoms with Crippen molar-refractivity contribution in [1.82, 2.24) is 0 Å². The fourth-order valence-corrected chi connectivity index (χ4v) is 10.1. The van der Waals surface area contributed by atoms with Gasteiger partial charge in [0.1, 0.15) is 5.78 Å². The van der Waals surface area contributed by atoms with Gasteiger partial charge in [0, 0.05) is 6.42 Å². The molecule has 0 aromatic rings. The topological polar surface area (TPSA) is 40.9 Å². The lowest BCUT2D eigenvalue weighted by Crippen LogP contribution is -2.60. The van der Waals surface area contributed by atoms with Gasteiger partial charge in [0.05, 0.1) is 16.3 Å². The van der Waals surface area contributed by atoms with Crippen LogP contribution in [0.2, 0.25) is 0 Å². The number of hydrogen-bond acceptors (Lipinski definition) is 2. The number of ketones is 1. The largest absolute Gasteiger partial charge is 0.298 e. The van der Waals surface area contributed by atoms with Gasteiger partial charge in [-0.2, -0.15) is 5.26 Å². The van der Waals surface area contributed by atoms with Crippen molar-refractivity contribution in [3.63, 3.8) is 0 Å². The Kier molecular flexibility index (Phi) is 6.48. The molecular weight excluding hydrogens is 446 g/mol. The molecule has 0 spiro atoms. The van der Waals surface area contributed by atoms with E-state index in [9.17, 15) is 10.1 Å². The van der Waals surface area contributed by atoms with Gasteiger partial charge in [-0.25, -0.2) is 0 Å². The monoisotopic (exact) mass is 489 g/mol. The molecule has 4 saturated carbocycles. The van der Waals surface area contributed by atoms with Crippen LogP contribution in [-0.2, 0) is 4.79 Å². The van der Waals surface area contributed by atoms with Gasteiger partial charge < -0.3 is 0 Å². The van der Waals surface area contributed by atoms with Crippen LogP contribution in [0.4, 0.5) is 0 Å². The predicted molar refractivity (Wildman–Crippen MR) is 131 cm³/mol. The summed E-state index contributed by atoms with van der Waals surface area (Å²) in [5, 5.41) is 10.3. The predicted octanol–water partition coefficient (Wildman–Crippen LogP) is 7.94. The van der Waals surface area contributed by atoms with E-state index in [1.165, 1.54) is 51.4 Å². The van der Waals surface area contributed by atoms with E-state index in [0.717, 1.165) is 42.4 Å². The molecule has 0 radical (unpaired) electrons. The summed E-state index contributed by atoms with van der Waals surface area (Å²) in [6.07, 6.45) is 13.0. The molecule has 0 saturated heterocycles. The van der Waals surface area contributed by atoms with Crippen molar-refractivity contribution in [2.75, 3.05) is 0 Å². The molecule has 0 N–H and O–H groups in total. The zero-order valence-corrected chi connectivity index (χ0v) is 22.1. The first-order valence-corrected chi connectivity index (χ1v) is 14.1. The van der Waals surface area contributed by atoms with Gasteiger partial charge in [-0.3, -0.25) is 4.79 Å². The average Bonchev–Trinajstić information content (AvgIpc) is 3.06. The quantitative estimate of drug-likeness (QED) is 0.367. The van der Waals surface area contributed by atoms with Crippen molar-refractivity contribution >= 4 is 21.7 Å². The van der Waals surface area contributed by atoms with Crippen LogP contribution in [0.1, 0.15) is 105 Å². The Balaban J connectivity index is 1.54. The molecule has 0 aliphatic heterocycles. The zero-order chi connectivity index (χ0) is 22.6. The highest BCUT2D eigenvalue weighted by molar-refractivity contribution is 9.10. The summed E-state index contributed by atoms with van der Waals surface area (Å²) in [7, 11) is 0. The summed E-state index contributed by atoms with van der Waals surface area (Å²) >= 11 is 3.69. The van der Waals surface area contributed by atoms with Gasteiger partial charge in [0.2, 0.25) is 0 Å². The summed E-state index contributed by atoms with van der Waals surface area (Å²) < 4.78 is 0. The van der Waals surface area contributed by atoms with E-state index in [-0.39, 0.29) is 16.0 Å². The summed E-state index contributed by atoms with van der Waals surface area (Å²) in [6, 6.07) is 2.73. The molecule has 9 unspecified atom stereocenters. The standard InChI is InChI=1S/C28H44BrNO/c1-18(2)7-6-8-19(3)21-9-10-22-20-11-14-28(17-30)16-25(31)24(29)15-27(28,5)23(20)12-13-26(21,22)4/h18-24H,6-16H2,1-5H3. The normalized spacial score (nSPS) is 47.9. The Bertz CT molecular complexity index is 742. The van der Waals surface area contributed by atoms with Crippen molar-refractivity contribution in [2.45, 2.75) is 110 Å². The van der Waals surface area contributed by atoms with Gasteiger partial charge in [0.15, 0.2) is 0 Å². The maximum absolute atomic E-state index is 12.6. The van der Waals surface area contributed by atoms with Gasteiger partial charge in [0.25, 0.3) is 0 Å². The average molecular weight is 491 g/mol. The van der Waals surface area contributed by atoms with Crippen LogP contribution in [0.5, 0.6) is 0 Å². The molecular formula is C28H44BrNO. The minimum Gasteiger partial charge on any atom is -0.298 e. The molecule has 9 atom stereocenters. The molecule has 174 valence electrons. The highest BCUT2D eigenvalue weighted by Gasteiger charge is 2.66. The number of nitriles is 1. The summed E-state index contributed by atoms with van der Waals surface area (Å²) in [4.78, 5) is 12.5. The Hall–Kier alpha value is -0.360. The van der Waals surface area contributed by atoms with Crippen molar-refractivity contribution in [3.8, 4) is 6.07 Å². The zero-order valence-electron chi connectivity index (χ0n) is 20.6. The maximum atomic E-state index is 12.6. The highest BCUT2D eigenvalue weighted by Crippen LogP contribution is 2.71. The molecule has 31 heavy (non-hydrogen) atoms. The fourth-order valence-electron chi connectivity index (χ4n) is 9.31. The summed E-state index contributed by atoms with van der Waals surface area (Å²) in [5.41, 5.74) is 0.0418. The highest BCUT2D eigenvalue weighted by atomic mass is 79.9. The minimum atomic E-state index is -0.425. The third kappa shape index (κ3) is 3.66. The Morgan fingerprint density at radius 3 is 2.48 bits per heavy atom. The first kappa shape index (κ1) is 23.8.